The van der Waals surface area contributed by atoms with Gasteiger partial charge in [-0.25, -0.2) is 4.79 Å². The van der Waals surface area contributed by atoms with Crippen LogP contribution in [0.5, 0.6) is 0 Å². The van der Waals surface area contributed by atoms with E-state index in [2.05, 4.69) is 12.2 Å². The quantitative estimate of drug-likeness (QED) is 0.408. The minimum atomic E-state index is -0.372. The molecule has 4 nitrogen and oxygen atoms in total. The maximum Gasteiger partial charge on any atom is 0.341 e. The molecule has 0 aliphatic heterocycles. The molecule has 1 aliphatic rings. The number of fused-ring (bicyclic) bond motifs is 1. The van der Waals surface area contributed by atoms with Crippen LogP contribution in [0.4, 0.5) is 5.00 Å². The first-order valence-corrected chi connectivity index (χ1v) is 11.3. The van der Waals surface area contributed by atoms with Gasteiger partial charge in [0.2, 0.25) is 5.91 Å². The Morgan fingerprint density at radius 2 is 2.07 bits per heavy atom. The Bertz CT molecular complexity index is 952. The molecule has 0 saturated carbocycles. The number of hydrogen-bond acceptors (Lipinski definition) is 4. The van der Waals surface area contributed by atoms with Crippen molar-refractivity contribution >= 4 is 57.5 Å². The van der Waals surface area contributed by atoms with Gasteiger partial charge in [-0.1, -0.05) is 42.6 Å². The van der Waals surface area contributed by atoms with Crippen molar-refractivity contribution in [3.8, 4) is 0 Å². The number of benzene rings is 1. The molecule has 2 aromatic rings. The third-order valence-electron chi connectivity index (χ3n) is 5.03. The zero-order chi connectivity index (χ0) is 21.0. The Labute approximate surface area is 184 Å². The fraction of sp³-hybridized carbons (Fsp3) is 0.364. The fourth-order valence-electron chi connectivity index (χ4n) is 3.45. The van der Waals surface area contributed by atoms with Crippen LogP contribution < -0.4 is 5.32 Å². The van der Waals surface area contributed by atoms with Crippen LogP contribution in [0.15, 0.2) is 24.3 Å². The molecule has 154 valence electrons. The van der Waals surface area contributed by atoms with Crippen LogP contribution >= 0.6 is 34.5 Å². The average Bonchev–Trinajstić information content (AvgIpc) is 3.05. The van der Waals surface area contributed by atoms with Crippen molar-refractivity contribution in [3.05, 3.63) is 55.9 Å². The molecule has 1 atom stereocenters. The zero-order valence-corrected chi connectivity index (χ0v) is 18.7. The van der Waals surface area contributed by atoms with E-state index in [-0.39, 0.29) is 11.9 Å². The Morgan fingerprint density at radius 3 is 2.76 bits per heavy atom. The Balaban J connectivity index is 1.82. The summed E-state index contributed by atoms with van der Waals surface area (Å²) >= 11 is 13.4. The molecule has 1 heterocycles. The summed E-state index contributed by atoms with van der Waals surface area (Å²) in [5.41, 5.74) is 2.30. The second kappa shape index (κ2) is 9.79. The number of thiophene rings is 1. The summed E-state index contributed by atoms with van der Waals surface area (Å²) in [5.74, 6) is -0.0646. The molecule has 3 rings (SSSR count). The Hall–Kier alpha value is -1.82. The molecular weight excluding hydrogens is 429 g/mol. The van der Waals surface area contributed by atoms with E-state index in [4.69, 9.17) is 27.9 Å². The van der Waals surface area contributed by atoms with Crippen molar-refractivity contribution in [2.75, 3.05) is 11.9 Å². The lowest BCUT2D eigenvalue weighted by molar-refractivity contribution is -0.111. The lowest BCUT2D eigenvalue weighted by Gasteiger charge is -2.20. The van der Waals surface area contributed by atoms with Gasteiger partial charge in [0.15, 0.2) is 0 Å². The normalized spacial score (nSPS) is 15.9. The van der Waals surface area contributed by atoms with Gasteiger partial charge in [-0.3, -0.25) is 4.79 Å². The molecular formula is C22H23Cl2NO3S. The minimum absolute atomic E-state index is 0.297. The van der Waals surface area contributed by atoms with Crippen LogP contribution in [-0.4, -0.2) is 18.5 Å². The molecule has 0 fully saturated rings. The van der Waals surface area contributed by atoms with Crippen LogP contribution in [0, 0.1) is 5.92 Å². The largest absolute Gasteiger partial charge is 0.462 e. The maximum atomic E-state index is 12.6. The molecule has 29 heavy (non-hydrogen) atoms. The third kappa shape index (κ3) is 5.21. The lowest BCUT2D eigenvalue weighted by atomic mass is 9.85. The molecule has 0 bridgehead atoms. The van der Waals surface area contributed by atoms with E-state index in [0.29, 0.717) is 33.1 Å². The highest BCUT2D eigenvalue weighted by molar-refractivity contribution is 7.17. The molecule has 1 amide bonds. The second-order valence-corrected chi connectivity index (χ2v) is 8.86. The van der Waals surface area contributed by atoms with Gasteiger partial charge in [0.1, 0.15) is 5.00 Å². The van der Waals surface area contributed by atoms with E-state index < -0.39 is 0 Å². The summed E-state index contributed by atoms with van der Waals surface area (Å²) in [6, 6.07) is 5.14. The number of carbonyl (C=O) groups is 2. The highest BCUT2D eigenvalue weighted by Gasteiger charge is 2.29. The SMILES string of the molecule is CCOC(=O)c1c(NC(=O)/C=C\c2ccc(Cl)c(Cl)c2)sc2c1CC[C@@H](CC)C2. The van der Waals surface area contributed by atoms with Gasteiger partial charge in [-0.15, -0.1) is 11.3 Å². The first-order valence-electron chi connectivity index (χ1n) is 9.68. The van der Waals surface area contributed by atoms with Crippen LogP contribution in [0.1, 0.15) is 53.1 Å². The van der Waals surface area contributed by atoms with Crippen molar-refractivity contribution in [1.82, 2.24) is 0 Å². The summed E-state index contributed by atoms with van der Waals surface area (Å²) in [4.78, 5) is 26.2. The van der Waals surface area contributed by atoms with E-state index >= 15 is 0 Å². The van der Waals surface area contributed by atoms with Gasteiger partial charge >= 0.3 is 5.97 Å². The van der Waals surface area contributed by atoms with Gasteiger partial charge in [0, 0.05) is 11.0 Å². The van der Waals surface area contributed by atoms with E-state index in [0.717, 1.165) is 36.8 Å². The Morgan fingerprint density at radius 1 is 1.28 bits per heavy atom. The first-order chi connectivity index (χ1) is 13.9. The summed E-state index contributed by atoms with van der Waals surface area (Å²) in [6.07, 6.45) is 7.02. The molecule has 0 saturated heterocycles. The average molecular weight is 452 g/mol. The highest BCUT2D eigenvalue weighted by Crippen LogP contribution is 2.40. The molecule has 1 aromatic carbocycles. The van der Waals surface area contributed by atoms with Gasteiger partial charge in [-0.2, -0.15) is 0 Å². The summed E-state index contributed by atoms with van der Waals surface area (Å²) in [7, 11) is 0. The van der Waals surface area contributed by atoms with Gasteiger partial charge < -0.3 is 10.1 Å². The zero-order valence-electron chi connectivity index (χ0n) is 16.4. The third-order valence-corrected chi connectivity index (χ3v) is 6.94. The van der Waals surface area contributed by atoms with Gasteiger partial charge in [-0.05, 0) is 61.4 Å². The van der Waals surface area contributed by atoms with Crippen molar-refractivity contribution in [3.63, 3.8) is 0 Å². The van der Waals surface area contributed by atoms with Crippen molar-refractivity contribution in [2.45, 2.75) is 39.5 Å². The number of rotatable bonds is 6. The summed E-state index contributed by atoms with van der Waals surface area (Å²) in [6.45, 7) is 4.26. The molecule has 1 N–H and O–H groups in total. The topological polar surface area (TPSA) is 55.4 Å². The maximum absolute atomic E-state index is 12.6. The predicted molar refractivity (Wildman–Crippen MR) is 120 cm³/mol. The van der Waals surface area contributed by atoms with E-state index in [1.54, 1.807) is 31.2 Å². The summed E-state index contributed by atoms with van der Waals surface area (Å²) in [5, 5.41) is 4.32. The lowest BCUT2D eigenvalue weighted by Crippen LogP contribution is -2.16. The monoisotopic (exact) mass is 451 g/mol. The predicted octanol–water partition coefficient (Wildman–Crippen LogP) is 6.40. The molecule has 0 spiro atoms. The van der Waals surface area contributed by atoms with Crippen molar-refractivity contribution in [2.24, 2.45) is 5.92 Å². The van der Waals surface area contributed by atoms with E-state index in [1.807, 2.05) is 0 Å². The molecule has 1 aliphatic carbocycles. The number of esters is 1. The van der Waals surface area contributed by atoms with Crippen molar-refractivity contribution in [1.29, 1.82) is 0 Å². The summed E-state index contributed by atoms with van der Waals surface area (Å²) < 4.78 is 5.25. The number of anilines is 1. The van der Waals surface area contributed by atoms with Crippen LogP contribution in [-0.2, 0) is 22.4 Å². The second-order valence-electron chi connectivity index (χ2n) is 6.94. The molecule has 1 aromatic heterocycles. The number of hydrogen-bond donors (Lipinski definition) is 1. The molecule has 7 heteroatoms. The number of halogens is 2. The fourth-order valence-corrected chi connectivity index (χ4v) is 5.11. The number of nitrogens with one attached hydrogen (secondary N) is 1. The Kier molecular flexibility index (Phi) is 7.38. The van der Waals surface area contributed by atoms with Crippen LogP contribution in [0.25, 0.3) is 6.08 Å². The standard InChI is InChI=1S/C22H23Cl2NO3S/c1-3-13-5-8-15-18(12-13)29-21(20(15)22(27)28-4-2)25-19(26)10-7-14-6-9-16(23)17(24)11-14/h6-7,9-11,13H,3-5,8,12H2,1-2H3,(H,25,26)/b10-7-/t13-/m1/s1. The van der Waals surface area contributed by atoms with Crippen LogP contribution in [0.3, 0.4) is 0 Å². The van der Waals surface area contributed by atoms with Crippen molar-refractivity contribution < 1.29 is 14.3 Å². The number of amides is 1. The smallest absolute Gasteiger partial charge is 0.341 e. The first kappa shape index (κ1) is 21.9. The highest BCUT2D eigenvalue weighted by atomic mass is 35.5. The van der Waals surface area contributed by atoms with E-state index in [1.165, 1.54) is 22.3 Å². The number of ether oxygens (including phenoxy) is 1. The number of carbonyl (C=O) groups excluding carboxylic acids is 2. The molecule has 0 unspecified atom stereocenters. The van der Waals surface area contributed by atoms with Gasteiger partial charge in [0.25, 0.3) is 0 Å². The van der Waals surface area contributed by atoms with E-state index in [9.17, 15) is 9.59 Å². The van der Waals surface area contributed by atoms with Crippen LogP contribution in [0.2, 0.25) is 10.0 Å². The molecule has 0 radical (unpaired) electrons. The minimum Gasteiger partial charge on any atom is -0.462 e. The van der Waals surface area contributed by atoms with Gasteiger partial charge in [0.05, 0.1) is 22.2 Å².